The number of carbonyl (C=O) groups excluding carboxylic acids is 5. The molecule has 0 unspecified atom stereocenters. The van der Waals surface area contributed by atoms with Crippen LogP contribution in [0, 0.1) is 66.2 Å². The summed E-state index contributed by atoms with van der Waals surface area (Å²) >= 11 is 2.90. The summed E-state index contributed by atoms with van der Waals surface area (Å²) < 4.78 is 77.8. The molecule has 446 valence electrons. The fourth-order valence-corrected chi connectivity index (χ4v) is 13.0. The number of fused-ring (bicyclic) bond motifs is 2. The third-order valence-corrected chi connectivity index (χ3v) is 17.0. The molecule has 0 fully saturated rings. The third kappa shape index (κ3) is 21.7. The van der Waals surface area contributed by atoms with Gasteiger partial charge in [0, 0.05) is 45.0 Å². The first-order valence-electron chi connectivity index (χ1n) is 25.5. The van der Waals surface area contributed by atoms with Crippen molar-refractivity contribution in [2.75, 3.05) is 72.2 Å². The van der Waals surface area contributed by atoms with Crippen LogP contribution in [0.5, 0.6) is 0 Å². The standard InChI is InChI=1S/C30H34N2O6S.C27H30N2O4S.C3H5BrO2.CH2O3.2K.H/c1-8-15-31(23(5)18-28(33)37-6)26-13-14-27(25-12-10-9-11-24(25)26)32(19-29(34)38-7)39(35,36)30-21(3)16-20(2)17-22(30)4;1-7-14-29(21(5)17-26(30)33-6)25-13-12-24(22-10-8-9-11-23(22)25)28-34(31,32)27-19(3)15-18(2)16-20(27)4;1-6-3(5)2-4;2-1-4-3;;;/h1,9-14,16-17,23H,15,18-19H2,2-7H3;1,8-13,15-16,21,28H,14,17H2,2-6H3;2H2,1H3;1,3H;;;/q;;;;2*+1;-1/p-1/t23-;21-;;;;;/m00...../s1. The number of hydrogen-bond donors (Lipinski definition) is 1. The van der Waals surface area contributed by atoms with E-state index in [0.717, 1.165) is 37.6 Å². The second-order valence-corrected chi connectivity index (χ2v) is 22.8. The van der Waals surface area contributed by atoms with Crippen LogP contribution in [0.2, 0.25) is 0 Å². The molecular weight excluding hydrogens is 1250 g/mol. The molecule has 2 atom stereocenters. The van der Waals surface area contributed by atoms with Crippen LogP contribution in [-0.4, -0.2) is 113 Å². The van der Waals surface area contributed by atoms with E-state index in [9.17, 15) is 36.0 Å². The van der Waals surface area contributed by atoms with Crippen LogP contribution in [0.4, 0.5) is 22.7 Å². The average molecular weight is 1320 g/mol. The molecule has 6 aromatic carbocycles. The summed E-state index contributed by atoms with van der Waals surface area (Å²) in [7, 11) is -2.74. The summed E-state index contributed by atoms with van der Waals surface area (Å²) in [6.07, 6.45) is 11.6. The number of alkyl halides is 1. The SMILES string of the molecule is C#CCN(c1ccc(N(CC(=O)OC)S(=O)(=O)c2c(C)cc(C)cc2C)c2ccccc12)[C@@H](C)CC(=O)OC.C#CCN(c1ccc(NS(=O)(=O)c2c(C)cc(C)cc2C)c2ccccc12)[C@@H](C)CC(=O)OC.COC(=O)CBr.O=CO[O-].[H-].[K+].[K+]. The van der Waals surface area contributed by atoms with E-state index < -0.39 is 32.6 Å². The molecule has 0 aromatic heterocycles. The van der Waals surface area contributed by atoms with Crippen molar-refractivity contribution >= 4 is 111 Å². The summed E-state index contributed by atoms with van der Waals surface area (Å²) in [5.41, 5.74) is 6.84. The topological polar surface area (TPSA) is 245 Å². The van der Waals surface area contributed by atoms with Gasteiger partial charge in [0.15, 0.2) is 0 Å². The number of rotatable bonds is 20. The van der Waals surface area contributed by atoms with Gasteiger partial charge in [-0.15, -0.1) is 12.8 Å². The zero-order valence-corrected chi connectivity index (χ0v) is 60.0. The van der Waals surface area contributed by atoms with Crippen LogP contribution in [0.15, 0.2) is 107 Å². The summed E-state index contributed by atoms with van der Waals surface area (Å²) in [6, 6.07) is 28.6. The van der Waals surface area contributed by atoms with E-state index in [2.05, 4.69) is 42.1 Å². The second-order valence-electron chi connectivity index (χ2n) is 18.8. The molecule has 0 aliphatic carbocycles. The molecule has 0 heterocycles. The number of nitrogens with one attached hydrogen (secondary N) is 1. The Labute approximate surface area is 594 Å². The van der Waals surface area contributed by atoms with Gasteiger partial charge >= 0.3 is 127 Å². The van der Waals surface area contributed by atoms with Crippen molar-refractivity contribution in [2.24, 2.45) is 0 Å². The molecule has 0 saturated heterocycles. The van der Waals surface area contributed by atoms with Crippen LogP contribution in [0.25, 0.3) is 21.5 Å². The molecular formula is C61H71BrK2N4O15S2. The van der Waals surface area contributed by atoms with Gasteiger partial charge in [-0.2, -0.15) is 0 Å². The van der Waals surface area contributed by atoms with Crippen molar-refractivity contribution in [1.29, 1.82) is 0 Å². The minimum atomic E-state index is -4.18. The minimum absolute atomic E-state index is 0. The first-order chi connectivity index (χ1) is 39.3. The molecule has 0 radical (unpaired) electrons. The van der Waals surface area contributed by atoms with Crippen LogP contribution in [0.3, 0.4) is 0 Å². The summed E-state index contributed by atoms with van der Waals surface area (Å²) in [6.45, 7) is 14.5. The summed E-state index contributed by atoms with van der Waals surface area (Å²) in [5, 5.41) is 11.6. The summed E-state index contributed by atoms with van der Waals surface area (Å²) in [4.78, 5) is 61.8. The van der Waals surface area contributed by atoms with Gasteiger partial charge in [0.05, 0.1) is 75.5 Å². The van der Waals surface area contributed by atoms with Crippen LogP contribution in [0.1, 0.15) is 61.5 Å². The molecule has 6 aromatic rings. The second kappa shape index (κ2) is 37.7. The minimum Gasteiger partial charge on any atom is -1.00 e. The number of aryl methyl sites for hydroxylation is 6. The Kier molecular flexibility index (Phi) is 34.7. The number of hydrogen-bond acceptors (Lipinski definition) is 17. The molecule has 6 rings (SSSR count). The normalized spacial score (nSPS) is 11.1. The Bertz CT molecular complexity index is 3570. The monoisotopic (exact) mass is 1320 g/mol. The smallest absolute Gasteiger partial charge is 1.00 e. The third-order valence-electron chi connectivity index (χ3n) is 12.8. The Balaban J connectivity index is 0.00000141. The Morgan fingerprint density at radius 1 is 0.600 bits per heavy atom. The number of ether oxygens (including phenoxy) is 4. The average Bonchev–Trinajstić information content (AvgIpc) is 0.914. The predicted octanol–water partition coefficient (Wildman–Crippen LogP) is 2.59. The number of methoxy groups -OCH3 is 4. The van der Waals surface area contributed by atoms with Crippen molar-refractivity contribution in [3.05, 3.63) is 130 Å². The molecule has 24 heteroatoms. The van der Waals surface area contributed by atoms with E-state index in [-0.39, 0.29) is 182 Å². The Hall–Kier alpha value is -4.88. The van der Waals surface area contributed by atoms with Crippen molar-refractivity contribution in [1.82, 2.24) is 0 Å². The zero-order chi connectivity index (χ0) is 62.4. The van der Waals surface area contributed by atoms with Gasteiger partial charge in [-0.05, 0) is 102 Å². The number of sulfonamides is 2. The molecule has 0 saturated carbocycles. The van der Waals surface area contributed by atoms with Gasteiger partial charge in [0.25, 0.3) is 26.5 Å². The number of halogens is 1. The number of carbonyl (C=O) groups is 5. The molecule has 0 aliphatic heterocycles. The zero-order valence-electron chi connectivity index (χ0n) is 51.5. The fraction of sp³-hybridized carbons (Fsp3) is 0.328. The number of anilines is 4. The molecule has 19 nitrogen and oxygen atoms in total. The van der Waals surface area contributed by atoms with Crippen molar-refractivity contribution in [3.8, 4) is 24.7 Å². The van der Waals surface area contributed by atoms with Gasteiger partial charge in [-0.3, -0.25) is 33.0 Å². The molecule has 0 bridgehead atoms. The van der Waals surface area contributed by atoms with Gasteiger partial charge in [-0.25, -0.2) is 16.8 Å². The van der Waals surface area contributed by atoms with Gasteiger partial charge < -0.3 is 40.3 Å². The van der Waals surface area contributed by atoms with Gasteiger partial charge in [0.2, 0.25) is 0 Å². The van der Waals surface area contributed by atoms with Crippen LogP contribution in [-0.2, 0) is 67.9 Å². The van der Waals surface area contributed by atoms with Crippen molar-refractivity contribution in [2.45, 2.75) is 90.1 Å². The maximum absolute atomic E-state index is 14.2. The van der Waals surface area contributed by atoms with Crippen molar-refractivity contribution < 1.29 is 174 Å². The predicted molar refractivity (Wildman–Crippen MR) is 325 cm³/mol. The van der Waals surface area contributed by atoms with E-state index in [1.54, 1.807) is 70.2 Å². The van der Waals surface area contributed by atoms with E-state index in [1.807, 2.05) is 92.1 Å². The summed E-state index contributed by atoms with van der Waals surface area (Å²) in [5.74, 6) is 3.66. The number of terminal acetylenes is 2. The van der Waals surface area contributed by atoms with E-state index in [0.29, 0.717) is 44.4 Å². The molecule has 0 spiro atoms. The molecule has 0 amide bonds. The number of esters is 4. The molecule has 0 aliphatic rings. The van der Waals surface area contributed by atoms with E-state index in [1.165, 1.54) is 28.4 Å². The van der Waals surface area contributed by atoms with Crippen molar-refractivity contribution in [3.63, 3.8) is 0 Å². The molecule has 85 heavy (non-hydrogen) atoms. The van der Waals surface area contributed by atoms with Gasteiger partial charge in [0.1, 0.15) is 11.9 Å². The van der Waals surface area contributed by atoms with Crippen LogP contribution < -0.4 is 127 Å². The van der Waals surface area contributed by atoms with E-state index in [4.69, 9.17) is 37.1 Å². The quantitative estimate of drug-likeness (QED) is 0.0169. The van der Waals surface area contributed by atoms with E-state index >= 15 is 0 Å². The maximum Gasteiger partial charge on any atom is 1.00 e. The maximum atomic E-state index is 14.2. The van der Waals surface area contributed by atoms with Crippen LogP contribution >= 0.6 is 15.9 Å². The fourth-order valence-electron chi connectivity index (χ4n) is 9.39. The Morgan fingerprint density at radius 2 is 0.953 bits per heavy atom. The van der Waals surface area contributed by atoms with Gasteiger partial charge in [-0.1, -0.05) is 112 Å². The largest absolute Gasteiger partial charge is 1.00 e. The number of nitrogens with zero attached hydrogens (tertiary/aromatic N) is 3. The first-order valence-corrected chi connectivity index (χ1v) is 29.5. The first kappa shape index (κ1) is 78.1. The molecule has 1 N–H and O–H groups in total. The number of benzene rings is 6. The Morgan fingerprint density at radius 3 is 1.32 bits per heavy atom.